The van der Waals surface area contributed by atoms with Crippen molar-refractivity contribution < 1.29 is 19.1 Å². The summed E-state index contributed by atoms with van der Waals surface area (Å²) in [6.07, 6.45) is -0.479. The number of anilines is 3. The molecule has 170 valence electrons. The smallest absolute Gasteiger partial charge is 0.416 e. The molecule has 2 amide bonds. The minimum atomic E-state index is -0.580. The van der Waals surface area contributed by atoms with Crippen LogP contribution in [0.4, 0.5) is 26.1 Å². The van der Waals surface area contributed by atoms with Gasteiger partial charge in [0.15, 0.2) is 5.13 Å². The number of rotatable bonds is 5. The van der Waals surface area contributed by atoms with Gasteiger partial charge in [0.1, 0.15) is 5.60 Å². The summed E-state index contributed by atoms with van der Waals surface area (Å²) in [5.74, 6) is 0. The van der Waals surface area contributed by atoms with E-state index in [4.69, 9.17) is 15.2 Å². The Balaban J connectivity index is 1.97. The maximum atomic E-state index is 12.8. The summed E-state index contributed by atoms with van der Waals surface area (Å²) in [6.45, 7) is 11.4. The largest absolute Gasteiger partial charge is 0.449 e. The van der Waals surface area contributed by atoms with E-state index in [9.17, 15) is 9.59 Å². The van der Waals surface area contributed by atoms with Gasteiger partial charge in [0.2, 0.25) is 0 Å². The normalized spacial score (nSPS) is 11.7. The van der Waals surface area contributed by atoms with Crippen LogP contribution in [0.15, 0.2) is 29.6 Å². The molecule has 0 aliphatic heterocycles. The zero-order chi connectivity index (χ0) is 23.4. The molecular formula is C22H32N4O4S. The lowest BCUT2D eigenvalue weighted by Gasteiger charge is -2.34. The van der Waals surface area contributed by atoms with Crippen molar-refractivity contribution in [1.29, 1.82) is 0 Å². The van der Waals surface area contributed by atoms with E-state index < -0.39 is 23.3 Å². The molecule has 2 N–H and O–H groups in total. The lowest BCUT2D eigenvalue weighted by atomic mass is 10.1. The van der Waals surface area contributed by atoms with Crippen molar-refractivity contribution in [3.8, 4) is 0 Å². The quantitative estimate of drug-likeness (QED) is 0.641. The third kappa shape index (κ3) is 7.13. The average molecular weight is 449 g/mol. The summed E-state index contributed by atoms with van der Waals surface area (Å²) in [6, 6.07) is 7.08. The number of amides is 2. The molecule has 8 nitrogen and oxygen atoms in total. The van der Waals surface area contributed by atoms with Crippen LogP contribution in [-0.2, 0) is 15.9 Å². The fourth-order valence-electron chi connectivity index (χ4n) is 2.67. The van der Waals surface area contributed by atoms with Gasteiger partial charge in [-0.3, -0.25) is 9.80 Å². The summed E-state index contributed by atoms with van der Waals surface area (Å²) in [5, 5.41) is 2.36. The fraction of sp³-hybridized carbons (Fsp3) is 0.500. The SMILES string of the molecule is CN(C(=O)OC(C)(C)C)c1nc(CCOC(=O)N(c2ccc(N)cc2)C(C)(C)C)cs1. The van der Waals surface area contributed by atoms with Gasteiger partial charge in [-0.25, -0.2) is 14.6 Å². The highest BCUT2D eigenvalue weighted by Crippen LogP contribution is 2.26. The molecule has 1 aromatic heterocycles. The number of ether oxygens (including phenoxy) is 2. The van der Waals surface area contributed by atoms with Gasteiger partial charge >= 0.3 is 12.2 Å². The summed E-state index contributed by atoms with van der Waals surface area (Å²) < 4.78 is 10.9. The lowest BCUT2D eigenvalue weighted by molar-refractivity contribution is 0.0589. The van der Waals surface area contributed by atoms with E-state index in [0.717, 1.165) is 5.69 Å². The number of carbonyl (C=O) groups is 2. The minimum Gasteiger partial charge on any atom is -0.449 e. The molecule has 0 aliphatic rings. The van der Waals surface area contributed by atoms with E-state index in [2.05, 4.69) is 4.98 Å². The Morgan fingerprint density at radius 1 is 1.06 bits per heavy atom. The Labute approximate surface area is 188 Å². The molecule has 0 radical (unpaired) electrons. The summed E-state index contributed by atoms with van der Waals surface area (Å²) in [4.78, 5) is 32.4. The van der Waals surface area contributed by atoms with E-state index >= 15 is 0 Å². The lowest BCUT2D eigenvalue weighted by Crippen LogP contribution is -2.46. The predicted molar refractivity (Wildman–Crippen MR) is 125 cm³/mol. The van der Waals surface area contributed by atoms with Gasteiger partial charge in [-0.2, -0.15) is 0 Å². The molecule has 0 unspecified atom stereocenters. The topological polar surface area (TPSA) is 98.0 Å². The van der Waals surface area contributed by atoms with Crippen molar-refractivity contribution in [2.24, 2.45) is 0 Å². The van der Waals surface area contributed by atoms with E-state index in [1.807, 2.05) is 46.9 Å². The zero-order valence-corrected chi connectivity index (χ0v) is 20.1. The molecule has 0 saturated carbocycles. The number of carbonyl (C=O) groups excluding carboxylic acids is 2. The molecule has 9 heteroatoms. The molecule has 1 aromatic carbocycles. The van der Waals surface area contributed by atoms with Gasteiger partial charge in [0, 0.05) is 35.8 Å². The van der Waals surface area contributed by atoms with Gasteiger partial charge < -0.3 is 15.2 Å². The molecule has 0 saturated heterocycles. The number of benzene rings is 1. The summed E-state index contributed by atoms with van der Waals surface area (Å²) in [7, 11) is 1.62. The Morgan fingerprint density at radius 2 is 1.68 bits per heavy atom. The van der Waals surface area contributed by atoms with Gasteiger partial charge in [-0.05, 0) is 65.8 Å². The van der Waals surface area contributed by atoms with Crippen molar-refractivity contribution >= 4 is 40.0 Å². The molecule has 1 heterocycles. The van der Waals surface area contributed by atoms with Crippen molar-refractivity contribution in [2.45, 2.75) is 59.1 Å². The average Bonchev–Trinajstić information content (AvgIpc) is 3.09. The highest BCUT2D eigenvalue weighted by atomic mass is 32.1. The third-order valence-corrected chi connectivity index (χ3v) is 5.05. The summed E-state index contributed by atoms with van der Waals surface area (Å²) in [5.41, 5.74) is 6.77. The van der Waals surface area contributed by atoms with Gasteiger partial charge in [0.05, 0.1) is 12.3 Å². The van der Waals surface area contributed by atoms with Crippen LogP contribution in [0.25, 0.3) is 0 Å². The Kier molecular flexibility index (Phi) is 7.54. The van der Waals surface area contributed by atoms with Crippen LogP contribution in [0.2, 0.25) is 0 Å². The number of hydrogen-bond acceptors (Lipinski definition) is 7. The Hall–Kier alpha value is -2.81. The molecule has 2 aromatic rings. The number of thiazole rings is 1. The molecule has 0 aliphatic carbocycles. The second-order valence-corrected chi connectivity index (χ2v) is 9.96. The van der Waals surface area contributed by atoms with E-state index in [1.54, 1.807) is 36.2 Å². The molecule has 0 spiro atoms. The maximum absolute atomic E-state index is 12.8. The summed E-state index contributed by atoms with van der Waals surface area (Å²) >= 11 is 1.33. The van der Waals surface area contributed by atoms with Crippen molar-refractivity contribution in [3.05, 3.63) is 35.3 Å². The van der Waals surface area contributed by atoms with Crippen molar-refractivity contribution in [1.82, 2.24) is 4.98 Å². The highest BCUT2D eigenvalue weighted by Gasteiger charge is 2.29. The first kappa shape index (κ1) is 24.5. The van der Waals surface area contributed by atoms with Crippen LogP contribution in [0.5, 0.6) is 0 Å². The van der Waals surface area contributed by atoms with Gasteiger partial charge in [0.25, 0.3) is 0 Å². The second kappa shape index (κ2) is 9.55. The first-order valence-corrected chi connectivity index (χ1v) is 10.9. The minimum absolute atomic E-state index is 0.166. The van der Waals surface area contributed by atoms with E-state index in [0.29, 0.717) is 22.9 Å². The highest BCUT2D eigenvalue weighted by molar-refractivity contribution is 7.14. The van der Waals surface area contributed by atoms with Crippen molar-refractivity contribution in [2.75, 3.05) is 29.2 Å². The van der Waals surface area contributed by atoms with Crippen LogP contribution < -0.4 is 15.5 Å². The van der Waals surface area contributed by atoms with Gasteiger partial charge in [-0.1, -0.05) is 0 Å². The van der Waals surface area contributed by atoms with Crippen LogP contribution in [0, 0.1) is 0 Å². The Morgan fingerprint density at radius 3 is 2.23 bits per heavy atom. The van der Waals surface area contributed by atoms with Crippen LogP contribution >= 0.6 is 11.3 Å². The first-order valence-electron chi connectivity index (χ1n) is 10.0. The third-order valence-electron chi connectivity index (χ3n) is 4.08. The Bertz CT molecular complexity index is 897. The molecule has 2 rings (SSSR count). The van der Waals surface area contributed by atoms with Crippen LogP contribution in [0.3, 0.4) is 0 Å². The molecule has 0 atom stereocenters. The van der Waals surface area contributed by atoms with Crippen LogP contribution in [0.1, 0.15) is 47.2 Å². The fourth-order valence-corrected chi connectivity index (χ4v) is 3.49. The predicted octanol–water partition coefficient (Wildman–Crippen LogP) is 5.08. The number of nitrogen functional groups attached to an aromatic ring is 1. The first-order chi connectivity index (χ1) is 14.3. The van der Waals surface area contributed by atoms with Crippen molar-refractivity contribution in [3.63, 3.8) is 0 Å². The number of nitrogens with zero attached hydrogens (tertiary/aromatic N) is 3. The number of aromatic nitrogens is 1. The molecule has 31 heavy (non-hydrogen) atoms. The molecule has 0 bridgehead atoms. The number of nitrogens with two attached hydrogens (primary N) is 1. The number of hydrogen-bond donors (Lipinski definition) is 1. The molecule has 0 fully saturated rings. The van der Waals surface area contributed by atoms with E-state index in [1.165, 1.54) is 16.2 Å². The van der Waals surface area contributed by atoms with E-state index in [-0.39, 0.29) is 6.61 Å². The standard InChI is InChI=1S/C22H32N4O4S/c1-21(2,3)26(17-10-8-15(23)9-11-17)20(28)29-13-12-16-14-31-18(24-16)25(7)19(27)30-22(4,5)6/h8-11,14H,12-13,23H2,1-7H3. The second-order valence-electron chi connectivity index (χ2n) is 9.12. The maximum Gasteiger partial charge on any atom is 0.416 e. The molecular weight excluding hydrogens is 416 g/mol. The zero-order valence-electron chi connectivity index (χ0n) is 19.3. The monoisotopic (exact) mass is 448 g/mol. The van der Waals surface area contributed by atoms with Crippen LogP contribution in [-0.4, -0.2) is 42.0 Å². The van der Waals surface area contributed by atoms with Gasteiger partial charge in [-0.15, -0.1) is 11.3 Å².